The Hall–Kier alpha value is -2.09. The van der Waals surface area contributed by atoms with E-state index in [1.165, 1.54) is 0 Å². The van der Waals surface area contributed by atoms with Gasteiger partial charge in [-0.2, -0.15) is 0 Å². The van der Waals surface area contributed by atoms with Crippen molar-refractivity contribution < 1.29 is 17.9 Å². The van der Waals surface area contributed by atoms with Crippen LogP contribution in [0.1, 0.15) is 37.8 Å². The van der Waals surface area contributed by atoms with Crippen molar-refractivity contribution in [2.75, 3.05) is 6.54 Å². The first-order chi connectivity index (χ1) is 13.9. The van der Waals surface area contributed by atoms with Gasteiger partial charge < -0.3 is 15.8 Å². The number of nitrogens with one attached hydrogen (secondary N) is 1. The molecule has 0 aliphatic heterocycles. The molecular weight excluding hydrogens is 424 g/mol. The van der Waals surface area contributed by atoms with Crippen LogP contribution in [-0.4, -0.2) is 37.4 Å². The molecule has 162 valence electrons. The molecule has 0 spiro atoms. The zero-order valence-corrected chi connectivity index (χ0v) is 19.0. The standard InChI is InChI=1S/C22H27ClN2O4S/c1-14-5-11-17(12-6-14)30(27,28)19-18(15-7-9-16(23)10-8-15)22(19,13-24)25-20(26)29-21(2,3)4/h5-12,18-19H,13,24H2,1-4H3,(H,25,26). The third kappa shape index (κ3) is 4.33. The van der Waals surface area contributed by atoms with Crippen molar-refractivity contribution in [2.24, 2.45) is 5.73 Å². The Morgan fingerprint density at radius 2 is 1.70 bits per heavy atom. The van der Waals surface area contributed by atoms with Crippen LogP contribution in [0, 0.1) is 6.92 Å². The highest BCUT2D eigenvalue weighted by Crippen LogP contribution is 2.57. The van der Waals surface area contributed by atoms with Crippen molar-refractivity contribution in [1.29, 1.82) is 0 Å². The van der Waals surface area contributed by atoms with Gasteiger partial charge in [-0.3, -0.25) is 0 Å². The summed E-state index contributed by atoms with van der Waals surface area (Å²) in [6.07, 6.45) is -0.700. The van der Waals surface area contributed by atoms with Gasteiger partial charge in [-0.1, -0.05) is 41.4 Å². The number of halogens is 1. The first-order valence-corrected chi connectivity index (χ1v) is 11.6. The third-order valence-corrected chi connectivity index (χ3v) is 7.78. The second-order valence-corrected chi connectivity index (χ2v) is 11.2. The minimum atomic E-state index is -3.78. The van der Waals surface area contributed by atoms with E-state index in [4.69, 9.17) is 22.1 Å². The summed E-state index contributed by atoms with van der Waals surface area (Å²) >= 11 is 6.00. The fourth-order valence-electron chi connectivity index (χ4n) is 3.81. The number of hydrogen-bond donors (Lipinski definition) is 2. The summed E-state index contributed by atoms with van der Waals surface area (Å²) in [4.78, 5) is 12.7. The molecule has 0 aromatic heterocycles. The monoisotopic (exact) mass is 450 g/mol. The molecule has 1 aliphatic rings. The number of nitrogens with two attached hydrogens (primary N) is 1. The van der Waals surface area contributed by atoms with E-state index in [2.05, 4.69) is 5.32 Å². The Morgan fingerprint density at radius 3 is 2.20 bits per heavy atom. The average Bonchev–Trinajstić information content (AvgIpc) is 3.30. The molecule has 3 unspecified atom stereocenters. The second kappa shape index (κ2) is 7.87. The number of ether oxygens (including phenoxy) is 1. The van der Waals surface area contributed by atoms with Crippen LogP contribution in [0.25, 0.3) is 0 Å². The summed E-state index contributed by atoms with van der Waals surface area (Å²) < 4.78 is 32.4. The summed E-state index contributed by atoms with van der Waals surface area (Å²) in [5.74, 6) is -0.529. The van der Waals surface area contributed by atoms with Crippen molar-refractivity contribution in [2.45, 2.75) is 54.9 Å². The van der Waals surface area contributed by atoms with Gasteiger partial charge in [-0.25, -0.2) is 13.2 Å². The summed E-state index contributed by atoms with van der Waals surface area (Å²) in [5, 5.41) is 2.39. The van der Waals surface area contributed by atoms with Gasteiger partial charge in [0.2, 0.25) is 0 Å². The van der Waals surface area contributed by atoms with Crippen LogP contribution >= 0.6 is 11.6 Å². The number of carbonyl (C=O) groups is 1. The molecule has 0 saturated heterocycles. The van der Waals surface area contributed by atoms with E-state index in [1.807, 2.05) is 6.92 Å². The van der Waals surface area contributed by atoms with Gasteiger partial charge in [0.15, 0.2) is 9.84 Å². The summed E-state index contributed by atoms with van der Waals surface area (Å²) in [5.41, 5.74) is 5.85. The molecule has 1 aliphatic carbocycles. The SMILES string of the molecule is Cc1ccc(S(=O)(=O)C2C(c3ccc(Cl)cc3)C2(CN)NC(=O)OC(C)(C)C)cc1. The van der Waals surface area contributed by atoms with Gasteiger partial charge >= 0.3 is 6.09 Å². The Bertz CT molecular complexity index is 1030. The maximum Gasteiger partial charge on any atom is 0.408 e. The number of benzene rings is 2. The number of alkyl carbamates (subject to hydrolysis) is 1. The van der Waals surface area contributed by atoms with E-state index in [9.17, 15) is 13.2 Å². The zero-order chi connectivity index (χ0) is 22.3. The van der Waals surface area contributed by atoms with Gasteiger partial charge in [-0.15, -0.1) is 0 Å². The largest absolute Gasteiger partial charge is 0.444 e. The molecule has 0 heterocycles. The molecule has 30 heavy (non-hydrogen) atoms. The predicted octanol–water partition coefficient (Wildman–Crippen LogP) is 3.81. The number of amides is 1. The fourth-order valence-corrected chi connectivity index (χ4v) is 6.28. The van der Waals surface area contributed by atoms with Crippen LogP contribution < -0.4 is 11.1 Å². The molecule has 1 fully saturated rings. The van der Waals surface area contributed by atoms with Gasteiger partial charge in [0, 0.05) is 17.5 Å². The van der Waals surface area contributed by atoms with E-state index < -0.39 is 38.2 Å². The molecule has 2 aromatic carbocycles. The van der Waals surface area contributed by atoms with Crippen LogP contribution in [0.4, 0.5) is 4.79 Å². The molecule has 3 atom stereocenters. The number of rotatable bonds is 5. The van der Waals surface area contributed by atoms with E-state index in [-0.39, 0.29) is 11.4 Å². The Kier molecular flexibility index (Phi) is 5.93. The number of sulfone groups is 1. The normalized spacial score (nSPS) is 23.7. The fraction of sp³-hybridized carbons (Fsp3) is 0.409. The van der Waals surface area contributed by atoms with E-state index in [1.54, 1.807) is 69.3 Å². The highest BCUT2D eigenvalue weighted by atomic mass is 35.5. The van der Waals surface area contributed by atoms with Crippen molar-refractivity contribution in [3.63, 3.8) is 0 Å². The second-order valence-electron chi connectivity index (χ2n) is 8.68. The third-order valence-electron chi connectivity index (χ3n) is 5.24. The lowest BCUT2D eigenvalue weighted by Gasteiger charge is -2.24. The van der Waals surface area contributed by atoms with Crippen molar-refractivity contribution in [3.8, 4) is 0 Å². The summed E-state index contributed by atoms with van der Waals surface area (Å²) in [6.45, 7) is 7.05. The van der Waals surface area contributed by atoms with Crippen LogP contribution in [0.15, 0.2) is 53.4 Å². The lowest BCUT2D eigenvalue weighted by Crippen LogP contribution is -2.49. The first kappa shape index (κ1) is 22.6. The number of aryl methyl sites for hydroxylation is 1. The minimum Gasteiger partial charge on any atom is -0.444 e. The lowest BCUT2D eigenvalue weighted by molar-refractivity contribution is 0.0497. The van der Waals surface area contributed by atoms with Gasteiger partial charge in [-0.05, 0) is 57.5 Å². The van der Waals surface area contributed by atoms with E-state index in [0.717, 1.165) is 11.1 Å². The quantitative estimate of drug-likeness (QED) is 0.721. The van der Waals surface area contributed by atoms with Crippen molar-refractivity contribution in [3.05, 3.63) is 64.7 Å². The van der Waals surface area contributed by atoms with Gasteiger partial charge in [0.25, 0.3) is 0 Å². The van der Waals surface area contributed by atoms with E-state index in [0.29, 0.717) is 5.02 Å². The maximum absolute atomic E-state index is 13.5. The number of carbonyl (C=O) groups excluding carboxylic acids is 1. The van der Waals surface area contributed by atoms with Crippen LogP contribution in [0.2, 0.25) is 5.02 Å². The van der Waals surface area contributed by atoms with Gasteiger partial charge in [0.05, 0.1) is 10.4 Å². The highest BCUT2D eigenvalue weighted by molar-refractivity contribution is 7.92. The summed E-state index contributed by atoms with van der Waals surface area (Å²) in [6, 6.07) is 13.6. The molecular formula is C22H27ClN2O4S. The number of hydrogen-bond acceptors (Lipinski definition) is 5. The molecule has 8 heteroatoms. The topological polar surface area (TPSA) is 98.5 Å². The smallest absolute Gasteiger partial charge is 0.408 e. The molecule has 0 bridgehead atoms. The van der Waals surface area contributed by atoms with Gasteiger partial charge in [0.1, 0.15) is 10.9 Å². The summed E-state index contributed by atoms with van der Waals surface area (Å²) in [7, 11) is -3.78. The molecule has 1 saturated carbocycles. The lowest BCUT2D eigenvalue weighted by atomic mass is 10.1. The maximum atomic E-state index is 13.5. The highest BCUT2D eigenvalue weighted by Gasteiger charge is 2.71. The first-order valence-electron chi connectivity index (χ1n) is 9.68. The Balaban J connectivity index is 2.03. The van der Waals surface area contributed by atoms with Crippen molar-refractivity contribution >= 4 is 27.5 Å². The molecule has 1 amide bonds. The average molecular weight is 451 g/mol. The van der Waals surface area contributed by atoms with Crippen LogP contribution in [0.5, 0.6) is 0 Å². The Morgan fingerprint density at radius 1 is 1.13 bits per heavy atom. The zero-order valence-electron chi connectivity index (χ0n) is 17.5. The minimum absolute atomic E-state index is 0.0602. The molecule has 3 N–H and O–H groups in total. The van der Waals surface area contributed by atoms with Crippen LogP contribution in [-0.2, 0) is 14.6 Å². The predicted molar refractivity (Wildman–Crippen MR) is 118 cm³/mol. The van der Waals surface area contributed by atoms with Crippen LogP contribution in [0.3, 0.4) is 0 Å². The molecule has 3 rings (SSSR count). The molecule has 6 nitrogen and oxygen atoms in total. The van der Waals surface area contributed by atoms with Crippen molar-refractivity contribution in [1.82, 2.24) is 5.32 Å². The molecule has 0 radical (unpaired) electrons. The van der Waals surface area contributed by atoms with E-state index >= 15 is 0 Å². The Labute approximate surface area is 182 Å². The molecule has 2 aromatic rings.